The molecule has 35 heavy (non-hydrogen) atoms. The van der Waals surface area contributed by atoms with Gasteiger partial charge in [-0.15, -0.1) is 0 Å². The van der Waals surface area contributed by atoms with Crippen LogP contribution < -0.4 is 15.4 Å². The minimum atomic E-state index is -0.464. The van der Waals surface area contributed by atoms with Crippen molar-refractivity contribution >= 4 is 44.7 Å². The van der Waals surface area contributed by atoms with Crippen LogP contribution >= 0.6 is 27.5 Å². The minimum absolute atomic E-state index is 0.0684. The number of nitrogens with one attached hydrogen (secondary N) is 2. The lowest BCUT2D eigenvalue weighted by atomic mass is 9.73. The Labute approximate surface area is 218 Å². The number of allylic oxidation sites excluding steroid dienone is 1. The normalized spacial score (nSPS) is 18.6. The van der Waals surface area contributed by atoms with Gasteiger partial charge >= 0.3 is 0 Å². The molecule has 5 nitrogen and oxygen atoms in total. The quantitative estimate of drug-likeness (QED) is 0.290. The summed E-state index contributed by atoms with van der Waals surface area (Å²) in [4.78, 5) is 13.4. The first-order valence-electron chi connectivity index (χ1n) is 11.5. The third-order valence-corrected chi connectivity index (χ3v) is 7.56. The number of carbonyl (C=O) groups is 1. The van der Waals surface area contributed by atoms with Crippen LogP contribution in [0.15, 0.2) is 76.4 Å². The molecule has 180 valence electrons. The van der Waals surface area contributed by atoms with Crippen molar-refractivity contribution in [3.8, 4) is 11.5 Å². The third-order valence-electron chi connectivity index (χ3n) is 6.46. The molecule has 0 saturated heterocycles. The highest BCUT2D eigenvalue weighted by molar-refractivity contribution is 9.10. The second-order valence-corrected chi connectivity index (χ2v) is 11.1. The summed E-state index contributed by atoms with van der Waals surface area (Å²) in [7, 11) is 0. The summed E-state index contributed by atoms with van der Waals surface area (Å²) in [6, 6.07) is 18.3. The van der Waals surface area contributed by atoms with E-state index in [0.717, 1.165) is 21.3 Å². The summed E-state index contributed by atoms with van der Waals surface area (Å²) in [5.74, 6) is 0.837. The Morgan fingerprint density at radius 2 is 1.91 bits per heavy atom. The predicted molar refractivity (Wildman–Crippen MR) is 143 cm³/mol. The lowest BCUT2D eigenvalue weighted by Gasteiger charge is -2.34. The Kier molecular flexibility index (Phi) is 6.28. The van der Waals surface area contributed by atoms with Gasteiger partial charge in [-0.25, -0.2) is 0 Å². The van der Waals surface area contributed by atoms with Crippen molar-refractivity contribution in [3.05, 3.63) is 92.6 Å². The van der Waals surface area contributed by atoms with Crippen molar-refractivity contribution in [3.63, 3.8) is 0 Å². The minimum Gasteiger partial charge on any atom is -0.506 e. The van der Waals surface area contributed by atoms with Crippen LogP contribution in [0, 0.1) is 5.41 Å². The molecule has 1 aliphatic carbocycles. The number of carbonyl (C=O) groups excluding carboxylic acids is 1. The van der Waals surface area contributed by atoms with Gasteiger partial charge in [0.25, 0.3) is 0 Å². The molecule has 0 bridgehead atoms. The van der Waals surface area contributed by atoms with Crippen LogP contribution in [0.3, 0.4) is 0 Å². The molecule has 2 aliphatic rings. The van der Waals surface area contributed by atoms with Gasteiger partial charge in [0.2, 0.25) is 0 Å². The number of hydrogen-bond acceptors (Lipinski definition) is 5. The van der Waals surface area contributed by atoms with Gasteiger partial charge in [0, 0.05) is 32.7 Å². The number of Topliss-reactive ketones (excluding diaryl/α,β-unsaturated/α-hetero) is 1. The molecule has 1 heterocycles. The number of ether oxygens (including phenoxy) is 1. The molecule has 1 unspecified atom stereocenters. The third kappa shape index (κ3) is 4.78. The molecule has 0 aromatic heterocycles. The molecule has 0 fully saturated rings. The molecule has 0 radical (unpaired) electrons. The highest BCUT2D eigenvalue weighted by Gasteiger charge is 2.39. The Morgan fingerprint density at radius 1 is 1.11 bits per heavy atom. The molecule has 0 spiro atoms. The smallest absolute Gasteiger partial charge is 0.163 e. The van der Waals surface area contributed by atoms with Crippen LogP contribution in [0.5, 0.6) is 11.5 Å². The first-order chi connectivity index (χ1) is 16.7. The first kappa shape index (κ1) is 23.8. The molecule has 5 rings (SSSR count). The van der Waals surface area contributed by atoms with Crippen molar-refractivity contribution in [1.29, 1.82) is 0 Å². The first-order valence-corrected chi connectivity index (χ1v) is 12.7. The van der Waals surface area contributed by atoms with Crippen LogP contribution in [0.25, 0.3) is 0 Å². The lowest BCUT2D eigenvalue weighted by Crippen LogP contribution is -2.31. The van der Waals surface area contributed by atoms with Crippen LogP contribution in [-0.2, 0) is 11.4 Å². The Morgan fingerprint density at radius 3 is 2.69 bits per heavy atom. The van der Waals surface area contributed by atoms with Gasteiger partial charge in [0.15, 0.2) is 5.78 Å². The number of aromatic hydroxyl groups is 1. The molecule has 3 aromatic rings. The van der Waals surface area contributed by atoms with Gasteiger partial charge in [-0.2, -0.15) is 0 Å². The standard InChI is InChI=1S/C28H26BrClN2O3/c1-28(2)13-22-25(24(34)14-28)26(31-21-8-5-9-23(33)27(21)32-22)18-11-10-17(12-20(18)30)35-15-16-6-3-4-7-19(16)29/h3-12,26,31-33H,13-15H2,1-2H3. The van der Waals surface area contributed by atoms with Crippen molar-refractivity contribution < 1.29 is 14.6 Å². The van der Waals surface area contributed by atoms with Crippen LogP contribution in [-0.4, -0.2) is 10.9 Å². The zero-order valence-electron chi connectivity index (χ0n) is 19.5. The number of hydrogen-bond donors (Lipinski definition) is 3. The number of fused-ring (bicyclic) bond motifs is 1. The SMILES string of the molecule is CC1(C)CC(=O)C2=C(C1)Nc1c(O)cccc1NC2c1ccc(OCc2ccccc2Br)cc1Cl. The maximum absolute atomic E-state index is 13.4. The second-order valence-electron chi connectivity index (χ2n) is 9.80. The summed E-state index contributed by atoms with van der Waals surface area (Å²) in [5, 5.41) is 17.9. The Bertz CT molecular complexity index is 1350. The second kappa shape index (κ2) is 9.25. The van der Waals surface area contributed by atoms with Crippen LogP contribution in [0.4, 0.5) is 11.4 Å². The maximum atomic E-state index is 13.4. The number of phenols is 1. The van der Waals surface area contributed by atoms with Crippen LogP contribution in [0.2, 0.25) is 5.02 Å². The van der Waals surface area contributed by atoms with Crippen molar-refractivity contribution in [2.45, 2.75) is 39.3 Å². The van der Waals surface area contributed by atoms with E-state index >= 15 is 0 Å². The Hall–Kier alpha value is -2.96. The number of anilines is 2. The maximum Gasteiger partial charge on any atom is 0.163 e. The van der Waals surface area contributed by atoms with E-state index in [1.165, 1.54) is 0 Å². The molecule has 3 N–H and O–H groups in total. The fourth-order valence-corrected chi connectivity index (χ4v) is 5.47. The van der Waals surface area contributed by atoms with E-state index in [4.69, 9.17) is 16.3 Å². The highest BCUT2D eigenvalue weighted by Crippen LogP contribution is 2.48. The largest absolute Gasteiger partial charge is 0.506 e. The number of para-hydroxylation sites is 1. The zero-order chi connectivity index (χ0) is 24.7. The van der Waals surface area contributed by atoms with Gasteiger partial charge in [-0.3, -0.25) is 4.79 Å². The molecular weight excluding hydrogens is 528 g/mol. The topological polar surface area (TPSA) is 70.6 Å². The average Bonchev–Trinajstić information content (AvgIpc) is 2.95. The van der Waals surface area contributed by atoms with Gasteiger partial charge < -0.3 is 20.5 Å². The van der Waals surface area contributed by atoms with Gasteiger partial charge in [0.1, 0.15) is 23.8 Å². The van der Waals surface area contributed by atoms with E-state index in [2.05, 4.69) is 40.4 Å². The van der Waals surface area contributed by atoms with Crippen molar-refractivity contribution in [1.82, 2.24) is 0 Å². The summed E-state index contributed by atoms with van der Waals surface area (Å²) in [6.45, 7) is 4.57. The molecule has 0 saturated carbocycles. The number of ketones is 1. The van der Waals surface area contributed by atoms with E-state index in [1.807, 2.05) is 42.5 Å². The summed E-state index contributed by atoms with van der Waals surface area (Å²) >= 11 is 10.3. The number of rotatable bonds is 4. The van der Waals surface area contributed by atoms with E-state index in [9.17, 15) is 9.90 Å². The fourth-order valence-electron chi connectivity index (χ4n) is 4.79. The van der Waals surface area contributed by atoms with E-state index in [1.54, 1.807) is 18.2 Å². The van der Waals surface area contributed by atoms with Crippen molar-refractivity contribution in [2.75, 3.05) is 10.6 Å². The Balaban J connectivity index is 1.51. The highest BCUT2D eigenvalue weighted by atomic mass is 79.9. The molecular formula is C28H26BrClN2O3. The molecule has 7 heteroatoms. The van der Waals surface area contributed by atoms with Gasteiger partial charge in [-0.05, 0) is 47.7 Å². The number of phenolic OH excluding ortho intramolecular Hbond substituents is 1. The van der Waals surface area contributed by atoms with Gasteiger partial charge in [0.05, 0.1) is 11.7 Å². The fraction of sp³-hybridized carbons (Fsp3) is 0.250. The monoisotopic (exact) mass is 552 g/mol. The van der Waals surface area contributed by atoms with Crippen molar-refractivity contribution in [2.24, 2.45) is 5.41 Å². The summed E-state index contributed by atoms with van der Waals surface area (Å²) in [5.41, 5.74) is 4.37. The molecule has 0 amide bonds. The molecule has 1 atom stereocenters. The van der Waals surface area contributed by atoms with Gasteiger partial charge in [-0.1, -0.05) is 71.7 Å². The number of benzene rings is 3. The zero-order valence-corrected chi connectivity index (χ0v) is 21.8. The summed E-state index contributed by atoms with van der Waals surface area (Å²) < 4.78 is 6.97. The molecule has 1 aliphatic heterocycles. The van der Waals surface area contributed by atoms with E-state index in [-0.39, 0.29) is 16.9 Å². The van der Waals surface area contributed by atoms with Crippen LogP contribution in [0.1, 0.15) is 43.9 Å². The number of halogens is 2. The lowest BCUT2D eigenvalue weighted by molar-refractivity contribution is -0.118. The molecule has 3 aromatic carbocycles. The summed E-state index contributed by atoms with van der Waals surface area (Å²) in [6.07, 6.45) is 1.13. The van der Waals surface area contributed by atoms with E-state index < -0.39 is 6.04 Å². The predicted octanol–water partition coefficient (Wildman–Crippen LogP) is 7.61. The van der Waals surface area contributed by atoms with E-state index in [0.29, 0.717) is 47.2 Å². The average molecular weight is 554 g/mol.